The Labute approximate surface area is 127 Å². The summed E-state index contributed by atoms with van der Waals surface area (Å²) in [5.41, 5.74) is 0. The van der Waals surface area contributed by atoms with Crippen molar-refractivity contribution < 1.29 is 18.3 Å². The monoisotopic (exact) mass is 321 g/mol. The van der Waals surface area contributed by atoms with Crippen molar-refractivity contribution in [3.63, 3.8) is 0 Å². The first-order chi connectivity index (χ1) is 9.92. The van der Waals surface area contributed by atoms with Crippen molar-refractivity contribution in [3.8, 4) is 0 Å². The van der Waals surface area contributed by atoms with E-state index in [1.165, 1.54) is 0 Å². The third kappa shape index (κ3) is 4.61. The van der Waals surface area contributed by atoms with Crippen molar-refractivity contribution >= 4 is 10.0 Å². The Hall–Kier alpha value is -0.250. The number of hydrogen-bond donors (Lipinski definition) is 1. The fourth-order valence-electron chi connectivity index (χ4n) is 3.07. The van der Waals surface area contributed by atoms with Crippen LogP contribution < -0.4 is 0 Å². The number of piperazine rings is 1. The Kier molecular flexibility index (Phi) is 5.98. The lowest BCUT2D eigenvalue weighted by Gasteiger charge is -2.39. The van der Waals surface area contributed by atoms with Gasteiger partial charge >= 0.3 is 0 Å². The highest BCUT2D eigenvalue weighted by atomic mass is 32.2. The second-order valence-corrected chi connectivity index (χ2v) is 7.98. The lowest BCUT2D eigenvalue weighted by molar-refractivity contribution is -0.00763. The van der Waals surface area contributed by atoms with Crippen LogP contribution in [-0.2, 0) is 14.8 Å². The standard InChI is InChI=1S/C13H27N3O4S/c1-12-9-15(5-7-17)3-4-16(12)21(18,19)11-13-10-14(2)6-8-20-13/h12-13,17H,3-11H2,1-2H3. The maximum atomic E-state index is 12.6. The largest absolute Gasteiger partial charge is 0.395 e. The maximum absolute atomic E-state index is 12.6. The number of nitrogens with zero attached hydrogens (tertiary/aromatic N) is 3. The van der Waals surface area contributed by atoms with E-state index in [9.17, 15) is 8.42 Å². The molecule has 7 nitrogen and oxygen atoms in total. The zero-order valence-electron chi connectivity index (χ0n) is 12.9. The SMILES string of the molecule is CC1CN(CCO)CCN1S(=O)(=O)CC1CN(C)CCO1. The van der Waals surface area contributed by atoms with E-state index in [-0.39, 0.29) is 24.5 Å². The quantitative estimate of drug-likeness (QED) is 0.675. The second-order valence-electron chi connectivity index (χ2n) is 6.02. The Morgan fingerprint density at radius 1 is 1.24 bits per heavy atom. The molecule has 0 aromatic rings. The van der Waals surface area contributed by atoms with Gasteiger partial charge in [-0.25, -0.2) is 8.42 Å². The number of aliphatic hydroxyl groups is 1. The molecule has 2 heterocycles. The molecule has 0 aliphatic carbocycles. The molecule has 0 aromatic carbocycles. The molecule has 2 aliphatic rings. The summed E-state index contributed by atoms with van der Waals surface area (Å²) in [6.07, 6.45) is -0.239. The molecule has 0 saturated carbocycles. The summed E-state index contributed by atoms with van der Waals surface area (Å²) < 4.78 is 32.4. The van der Waals surface area contributed by atoms with E-state index in [4.69, 9.17) is 9.84 Å². The Bertz CT molecular complexity index is 431. The molecule has 8 heteroatoms. The van der Waals surface area contributed by atoms with Crippen molar-refractivity contribution in [1.82, 2.24) is 14.1 Å². The Morgan fingerprint density at radius 2 is 2.00 bits per heavy atom. The number of hydrogen-bond acceptors (Lipinski definition) is 6. The molecule has 2 unspecified atom stereocenters. The molecular weight excluding hydrogens is 294 g/mol. The highest BCUT2D eigenvalue weighted by Gasteiger charge is 2.35. The predicted molar refractivity (Wildman–Crippen MR) is 80.7 cm³/mol. The van der Waals surface area contributed by atoms with Crippen LogP contribution in [0.15, 0.2) is 0 Å². The minimum Gasteiger partial charge on any atom is -0.395 e. The average molecular weight is 321 g/mol. The third-order valence-electron chi connectivity index (χ3n) is 4.16. The molecule has 1 N–H and O–H groups in total. The fraction of sp³-hybridized carbons (Fsp3) is 1.00. The van der Waals surface area contributed by atoms with Crippen LogP contribution in [-0.4, -0.2) is 105 Å². The molecule has 2 atom stereocenters. The molecule has 124 valence electrons. The first-order valence-electron chi connectivity index (χ1n) is 7.55. The van der Waals surface area contributed by atoms with Gasteiger partial charge in [-0.2, -0.15) is 4.31 Å². The van der Waals surface area contributed by atoms with E-state index in [0.717, 1.165) is 6.54 Å². The van der Waals surface area contributed by atoms with Gasteiger partial charge in [0, 0.05) is 45.3 Å². The van der Waals surface area contributed by atoms with Gasteiger partial charge in [0.25, 0.3) is 0 Å². The van der Waals surface area contributed by atoms with Crippen LogP contribution in [0.25, 0.3) is 0 Å². The smallest absolute Gasteiger partial charge is 0.217 e. The van der Waals surface area contributed by atoms with Crippen LogP contribution in [0.5, 0.6) is 0 Å². The zero-order valence-corrected chi connectivity index (χ0v) is 13.8. The fourth-order valence-corrected chi connectivity index (χ4v) is 4.91. The zero-order chi connectivity index (χ0) is 15.5. The average Bonchev–Trinajstić information content (AvgIpc) is 2.38. The van der Waals surface area contributed by atoms with Crippen LogP contribution in [0.1, 0.15) is 6.92 Å². The number of sulfonamides is 1. The van der Waals surface area contributed by atoms with Gasteiger partial charge in [-0.1, -0.05) is 0 Å². The summed E-state index contributed by atoms with van der Waals surface area (Å²) in [4.78, 5) is 4.20. The number of aliphatic hydroxyl groups excluding tert-OH is 1. The summed E-state index contributed by atoms with van der Waals surface area (Å²) in [5.74, 6) is 0.0572. The van der Waals surface area contributed by atoms with Gasteiger partial charge in [0.15, 0.2) is 0 Å². The maximum Gasteiger partial charge on any atom is 0.217 e. The van der Waals surface area contributed by atoms with Gasteiger partial charge in [0.1, 0.15) is 0 Å². The predicted octanol–water partition coefficient (Wildman–Crippen LogP) is -1.35. The molecule has 0 radical (unpaired) electrons. The van der Waals surface area contributed by atoms with Gasteiger partial charge < -0.3 is 14.7 Å². The Balaban J connectivity index is 1.93. The van der Waals surface area contributed by atoms with Gasteiger partial charge in [0.05, 0.1) is 25.1 Å². The molecule has 2 aliphatic heterocycles. The van der Waals surface area contributed by atoms with Gasteiger partial charge in [-0.3, -0.25) is 4.90 Å². The van der Waals surface area contributed by atoms with E-state index in [2.05, 4.69) is 9.80 Å². The van der Waals surface area contributed by atoms with Gasteiger partial charge in [-0.15, -0.1) is 0 Å². The van der Waals surface area contributed by atoms with Gasteiger partial charge in [-0.05, 0) is 14.0 Å². The minimum atomic E-state index is -3.30. The first-order valence-corrected chi connectivity index (χ1v) is 9.16. The number of likely N-dealkylation sites (N-methyl/N-ethyl adjacent to an activating group) is 1. The number of rotatable bonds is 5. The molecule has 0 bridgehead atoms. The highest BCUT2D eigenvalue weighted by Crippen LogP contribution is 2.17. The summed E-state index contributed by atoms with van der Waals surface area (Å²) in [6, 6.07) is -0.0587. The molecule has 2 saturated heterocycles. The lowest BCUT2D eigenvalue weighted by atomic mass is 10.2. The minimum absolute atomic E-state index is 0.0572. The van der Waals surface area contributed by atoms with Crippen LogP contribution in [0, 0.1) is 0 Å². The molecule has 2 fully saturated rings. The van der Waals surface area contributed by atoms with Crippen molar-refractivity contribution in [2.75, 3.05) is 65.3 Å². The number of β-amino-alcohol motifs (C(OH)–C–C–N with tert-alkyl or cyclic N) is 1. The molecule has 21 heavy (non-hydrogen) atoms. The van der Waals surface area contributed by atoms with Crippen LogP contribution in [0.3, 0.4) is 0 Å². The Morgan fingerprint density at radius 3 is 2.62 bits per heavy atom. The molecule has 2 rings (SSSR count). The van der Waals surface area contributed by atoms with Crippen molar-refractivity contribution in [3.05, 3.63) is 0 Å². The van der Waals surface area contributed by atoms with Crippen LogP contribution in [0.2, 0.25) is 0 Å². The summed E-state index contributed by atoms with van der Waals surface area (Å²) in [5, 5.41) is 8.98. The molecule has 0 aromatic heterocycles. The van der Waals surface area contributed by atoms with E-state index < -0.39 is 10.0 Å². The van der Waals surface area contributed by atoms with Gasteiger partial charge in [0.2, 0.25) is 10.0 Å². The van der Waals surface area contributed by atoms with Crippen LogP contribution in [0.4, 0.5) is 0 Å². The summed E-state index contributed by atoms with van der Waals surface area (Å²) in [7, 11) is -1.32. The van der Waals surface area contributed by atoms with E-state index >= 15 is 0 Å². The highest BCUT2D eigenvalue weighted by molar-refractivity contribution is 7.89. The molecule has 0 spiro atoms. The van der Waals surface area contributed by atoms with E-state index in [1.807, 2.05) is 14.0 Å². The first kappa shape index (κ1) is 17.1. The third-order valence-corrected chi connectivity index (χ3v) is 6.21. The molecular formula is C13H27N3O4S. The summed E-state index contributed by atoms with van der Waals surface area (Å²) >= 11 is 0. The summed E-state index contributed by atoms with van der Waals surface area (Å²) in [6.45, 7) is 6.60. The van der Waals surface area contributed by atoms with Crippen molar-refractivity contribution in [1.29, 1.82) is 0 Å². The van der Waals surface area contributed by atoms with Crippen molar-refractivity contribution in [2.24, 2.45) is 0 Å². The molecule has 0 amide bonds. The van der Waals surface area contributed by atoms with E-state index in [1.54, 1.807) is 4.31 Å². The number of ether oxygens (including phenoxy) is 1. The lowest BCUT2D eigenvalue weighted by Crippen LogP contribution is -2.56. The van der Waals surface area contributed by atoms with Crippen LogP contribution >= 0.6 is 0 Å². The normalized spacial score (nSPS) is 30.6. The topological polar surface area (TPSA) is 73.3 Å². The second kappa shape index (κ2) is 7.34. The number of morpholine rings is 1. The van der Waals surface area contributed by atoms with E-state index in [0.29, 0.717) is 39.3 Å². The van der Waals surface area contributed by atoms with Crippen molar-refractivity contribution in [2.45, 2.75) is 19.1 Å².